The van der Waals surface area contributed by atoms with E-state index in [1.807, 2.05) is 48.5 Å². The highest BCUT2D eigenvalue weighted by molar-refractivity contribution is 5.73. The lowest BCUT2D eigenvalue weighted by molar-refractivity contribution is 0.475. The summed E-state index contributed by atoms with van der Waals surface area (Å²) in [7, 11) is 0. The molecule has 3 rings (SSSR count). The lowest BCUT2D eigenvalue weighted by atomic mass is 9.97. The predicted octanol–water partition coefficient (Wildman–Crippen LogP) is 4.49. The van der Waals surface area contributed by atoms with Gasteiger partial charge in [0.25, 0.3) is 0 Å². The Labute approximate surface area is 135 Å². The van der Waals surface area contributed by atoms with Crippen molar-refractivity contribution in [1.82, 2.24) is 0 Å². The maximum atomic E-state index is 9.09. The summed E-state index contributed by atoms with van der Waals surface area (Å²) in [5.74, 6) is 0.322. The highest BCUT2D eigenvalue weighted by Crippen LogP contribution is 2.25. The zero-order valence-electron chi connectivity index (χ0n) is 12.3. The number of rotatable bonds is 1. The van der Waals surface area contributed by atoms with Crippen molar-refractivity contribution in [3.05, 3.63) is 90.0 Å². The number of hydrogen-bond acceptors (Lipinski definition) is 3. The van der Waals surface area contributed by atoms with Crippen LogP contribution in [0.5, 0.6) is 5.75 Å². The predicted molar refractivity (Wildman–Crippen MR) is 89.4 cm³/mol. The van der Waals surface area contributed by atoms with Gasteiger partial charge in [0.2, 0.25) is 0 Å². The van der Waals surface area contributed by atoms with Crippen LogP contribution in [0, 0.1) is 22.7 Å². The summed E-state index contributed by atoms with van der Waals surface area (Å²) in [5.41, 5.74) is 2.62. The number of benzene rings is 3. The summed E-state index contributed by atoms with van der Waals surface area (Å²) in [4.78, 5) is 0. The summed E-state index contributed by atoms with van der Waals surface area (Å²) in [6.07, 6.45) is 0. The number of hydrogen-bond donors (Lipinski definition) is 1. The molecule has 0 heterocycles. The molecule has 0 atom stereocenters. The minimum atomic E-state index is 0.322. The van der Waals surface area contributed by atoms with Crippen LogP contribution < -0.4 is 0 Å². The molecule has 1 N–H and O–H groups in total. The second-order valence-electron chi connectivity index (χ2n) is 4.65. The summed E-state index contributed by atoms with van der Waals surface area (Å²) in [6, 6.07) is 27.7. The highest BCUT2D eigenvalue weighted by atomic mass is 16.3. The lowest BCUT2D eigenvalue weighted by Gasteiger charge is -2.04. The topological polar surface area (TPSA) is 67.8 Å². The van der Waals surface area contributed by atoms with Gasteiger partial charge >= 0.3 is 0 Å². The van der Waals surface area contributed by atoms with E-state index < -0.39 is 0 Å². The van der Waals surface area contributed by atoms with Crippen molar-refractivity contribution in [3.63, 3.8) is 0 Å². The molecule has 0 fully saturated rings. The fourth-order valence-electron chi connectivity index (χ4n) is 2.05. The molecule has 0 radical (unpaired) electrons. The number of nitrogens with zero attached hydrogens (tertiary/aromatic N) is 2. The van der Waals surface area contributed by atoms with Crippen LogP contribution >= 0.6 is 0 Å². The van der Waals surface area contributed by atoms with E-state index in [9.17, 15) is 0 Å². The Kier molecular flexibility index (Phi) is 5.52. The first-order valence-electron chi connectivity index (χ1n) is 6.99. The second-order valence-corrected chi connectivity index (χ2v) is 4.65. The molecule has 0 amide bonds. The SMILES string of the molecule is N#Cc1cccc(-c2ccccc2)c1C#N.Oc1ccccc1. The lowest BCUT2D eigenvalue weighted by Crippen LogP contribution is -1.88. The Bertz CT molecular complexity index is 844. The van der Waals surface area contributed by atoms with E-state index in [0.29, 0.717) is 16.9 Å². The molecule has 0 aliphatic rings. The smallest absolute Gasteiger partial charge is 0.115 e. The molecule has 3 aromatic carbocycles. The van der Waals surface area contributed by atoms with E-state index in [1.165, 1.54) is 0 Å². The molecule has 23 heavy (non-hydrogen) atoms. The Morgan fingerprint density at radius 3 is 1.74 bits per heavy atom. The van der Waals surface area contributed by atoms with Gasteiger partial charge in [0.15, 0.2) is 0 Å². The van der Waals surface area contributed by atoms with E-state index in [0.717, 1.165) is 11.1 Å². The summed E-state index contributed by atoms with van der Waals surface area (Å²) >= 11 is 0. The number of aromatic hydroxyl groups is 1. The monoisotopic (exact) mass is 298 g/mol. The van der Waals surface area contributed by atoms with Crippen molar-refractivity contribution in [3.8, 4) is 29.0 Å². The third kappa shape index (κ3) is 4.20. The standard InChI is InChI=1S/C14H8N2.C6H6O/c15-9-12-7-4-8-13(14(12)10-16)11-5-2-1-3-6-11;7-6-4-2-1-3-5-6/h1-8H;1-5,7H. The molecule has 0 aliphatic heterocycles. The third-order valence-electron chi connectivity index (χ3n) is 3.14. The fourth-order valence-corrected chi connectivity index (χ4v) is 2.05. The first kappa shape index (κ1) is 15.8. The van der Waals surface area contributed by atoms with Gasteiger partial charge in [-0.25, -0.2) is 0 Å². The largest absolute Gasteiger partial charge is 0.508 e. The highest BCUT2D eigenvalue weighted by Gasteiger charge is 2.08. The molecule has 0 saturated carbocycles. The van der Waals surface area contributed by atoms with Crippen molar-refractivity contribution in [2.75, 3.05) is 0 Å². The number of para-hydroxylation sites is 1. The van der Waals surface area contributed by atoms with E-state index in [-0.39, 0.29) is 0 Å². The van der Waals surface area contributed by atoms with Gasteiger partial charge in [0.1, 0.15) is 17.9 Å². The van der Waals surface area contributed by atoms with Gasteiger partial charge in [0.05, 0.1) is 11.1 Å². The molecule has 3 aromatic rings. The van der Waals surface area contributed by atoms with E-state index >= 15 is 0 Å². The van der Waals surface area contributed by atoms with Gasteiger partial charge in [-0.05, 0) is 23.8 Å². The van der Waals surface area contributed by atoms with E-state index in [1.54, 1.807) is 36.4 Å². The molecule has 0 aromatic heterocycles. The molecule has 0 aliphatic carbocycles. The molecule has 0 unspecified atom stereocenters. The van der Waals surface area contributed by atoms with Crippen LogP contribution in [0.25, 0.3) is 11.1 Å². The third-order valence-corrected chi connectivity index (χ3v) is 3.14. The van der Waals surface area contributed by atoms with Gasteiger partial charge in [-0.2, -0.15) is 10.5 Å². The molecule has 110 valence electrons. The van der Waals surface area contributed by atoms with Crippen LogP contribution in [0.4, 0.5) is 0 Å². The second kappa shape index (κ2) is 8.02. The number of phenols is 1. The molecular weight excluding hydrogens is 284 g/mol. The van der Waals surface area contributed by atoms with Crippen molar-refractivity contribution in [2.45, 2.75) is 0 Å². The Balaban J connectivity index is 0.000000229. The molecule has 3 nitrogen and oxygen atoms in total. The van der Waals surface area contributed by atoms with Crippen LogP contribution in [0.2, 0.25) is 0 Å². The van der Waals surface area contributed by atoms with E-state index in [2.05, 4.69) is 6.07 Å². The van der Waals surface area contributed by atoms with Crippen LogP contribution in [-0.4, -0.2) is 5.11 Å². The first-order chi connectivity index (χ1) is 11.3. The van der Waals surface area contributed by atoms with E-state index in [4.69, 9.17) is 15.6 Å². The minimum absolute atomic E-state index is 0.322. The first-order valence-corrected chi connectivity index (χ1v) is 6.99. The van der Waals surface area contributed by atoms with Gasteiger partial charge < -0.3 is 5.11 Å². The van der Waals surface area contributed by atoms with Gasteiger partial charge in [-0.3, -0.25) is 0 Å². The molecule has 0 saturated heterocycles. The van der Waals surface area contributed by atoms with Crippen molar-refractivity contribution in [2.24, 2.45) is 0 Å². The molecular formula is C20H14N2O. The zero-order valence-corrected chi connectivity index (χ0v) is 12.3. The van der Waals surface area contributed by atoms with Crippen LogP contribution in [0.15, 0.2) is 78.9 Å². The Hall–Kier alpha value is -3.56. The fraction of sp³-hybridized carbons (Fsp3) is 0. The van der Waals surface area contributed by atoms with Crippen LogP contribution in [0.3, 0.4) is 0 Å². The van der Waals surface area contributed by atoms with Crippen molar-refractivity contribution < 1.29 is 5.11 Å². The summed E-state index contributed by atoms with van der Waals surface area (Å²) in [5, 5.41) is 26.6. The molecule has 0 spiro atoms. The minimum Gasteiger partial charge on any atom is -0.508 e. The van der Waals surface area contributed by atoms with Gasteiger partial charge in [0, 0.05) is 5.56 Å². The Morgan fingerprint density at radius 1 is 0.652 bits per heavy atom. The normalized spacial score (nSPS) is 8.96. The van der Waals surface area contributed by atoms with Gasteiger partial charge in [-0.15, -0.1) is 0 Å². The molecule has 3 heteroatoms. The number of nitriles is 2. The summed E-state index contributed by atoms with van der Waals surface area (Å²) < 4.78 is 0. The maximum absolute atomic E-state index is 9.09. The number of phenolic OH excluding ortho intramolecular Hbond substituents is 1. The average molecular weight is 298 g/mol. The zero-order chi connectivity index (χ0) is 16.5. The quantitative estimate of drug-likeness (QED) is 0.719. The van der Waals surface area contributed by atoms with Crippen molar-refractivity contribution >= 4 is 0 Å². The molecule has 0 bridgehead atoms. The summed E-state index contributed by atoms with van der Waals surface area (Å²) in [6.45, 7) is 0. The van der Waals surface area contributed by atoms with Crippen LogP contribution in [-0.2, 0) is 0 Å². The van der Waals surface area contributed by atoms with Crippen LogP contribution in [0.1, 0.15) is 11.1 Å². The van der Waals surface area contributed by atoms with Gasteiger partial charge in [-0.1, -0.05) is 60.7 Å². The maximum Gasteiger partial charge on any atom is 0.115 e. The Morgan fingerprint density at radius 2 is 1.26 bits per heavy atom. The average Bonchev–Trinajstić information content (AvgIpc) is 2.63. The van der Waals surface area contributed by atoms with Crippen molar-refractivity contribution in [1.29, 1.82) is 10.5 Å².